The Balaban J connectivity index is 2.12. The molecule has 0 aromatic rings. The van der Waals surface area contributed by atoms with Crippen molar-refractivity contribution in [1.82, 2.24) is 10.2 Å². The second-order valence-electron chi connectivity index (χ2n) is 4.44. The van der Waals surface area contributed by atoms with Crippen molar-refractivity contribution in [3.05, 3.63) is 0 Å². The van der Waals surface area contributed by atoms with Crippen molar-refractivity contribution in [3.8, 4) is 6.07 Å². The summed E-state index contributed by atoms with van der Waals surface area (Å²) < 4.78 is 0. The number of nitrogens with zero attached hydrogens (tertiary/aromatic N) is 2. The van der Waals surface area contributed by atoms with Crippen molar-refractivity contribution >= 4 is 11.9 Å². The van der Waals surface area contributed by atoms with E-state index in [1.807, 2.05) is 6.07 Å². The molecule has 16 heavy (non-hydrogen) atoms. The molecule has 86 valence electrons. The molecule has 0 radical (unpaired) electrons. The lowest BCUT2D eigenvalue weighted by Gasteiger charge is -2.30. The Hall–Kier alpha value is -1.57. The zero-order chi connectivity index (χ0) is 11.6. The molecule has 5 nitrogen and oxygen atoms in total. The summed E-state index contributed by atoms with van der Waals surface area (Å²) in [6, 6.07) is 1.62. The highest BCUT2D eigenvalue weighted by molar-refractivity contribution is 6.07. The maximum atomic E-state index is 12.1. The summed E-state index contributed by atoms with van der Waals surface area (Å²) in [5.41, 5.74) is -0.648. The Labute approximate surface area is 94.4 Å². The summed E-state index contributed by atoms with van der Waals surface area (Å²) in [4.78, 5) is 25.0. The van der Waals surface area contributed by atoms with E-state index in [-0.39, 0.29) is 24.9 Å². The lowest BCUT2D eigenvalue weighted by Crippen LogP contribution is -2.48. The van der Waals surface area contributed by atoms with Crippen LogP contribution in [0.3, 0.4) is 0 Å². The average Bonchev–Trinajstić information content (AvgIpc) is 2.50. The van der Waals surface area contributed by atoms with Crippen LogP contribution in [-0.4, -0.2) is 28.9 Å². The second kappa shape index (κ2) is 4.12. The molecule has 1 aliphatic heterocycles. The maximum absolute atomic E-state index is 12.1. The molecule has 1 spiro atoms. The summed E-state index contributed by atoms with van der Waals surface area (Å²) in [7, 11) is 0. The van der Waals surface area contributed by atoms with Crippen LogP contribution in [0.25, 0.3) is 0 Å². The third kappa shape index (κ3) is 1.64. The molecule has 1 saturated carbocycles. The van der Waals surface area contributed by atoms with E-state index in [1.54, 1.807) is 0 Å². The number of hydrogen-bond acceptors (Lipinski definition) is 3. The van der Waals surface area contributed by atoms with Crippen molar-refractivity contribution in [2.45, 2.75) is 44.1 Å². The molecule has 2 fully saturated rings. The molecular formula is C11H15N3O2. The number of amides is 3. The minimum absolute atomic E-state index is 0.132. The van der Waals surface area contributed by atoms with Gasteiger partial charge in [-0.3, -0.25) is 9.69 Å². The highest BCUT2D eigenvalue weighted by Crippen LogP contribution is 2.33. The summed E-state index contributed by atoms with van der Waals surface area (Å²) >= 11 is 0. The van der Waals surface area contributed by atoms with E-state index in [4.69, 9.17) is 5.26 Å². The molecule has 1 heterocycles. The lowest BCUT2D eigenvalue weighted by molar-refractivity contribution is -0.132. The van der Waals surface area contributed by atoms with E-state index in [2.05, 4.69) is 5.32 Å². The van der Waals surface area contributed by atoms with E-state index >= 15 is 0 Å². The second-order valence-corrected chi connectivity index (χ2v) is 4.44. The third-order valence-corrected chi connectivity index (χ3v) is 3.40. The average molecular weight is 221 g/mol. The Bertz CT molecular complexity index is 353. The van der Waals surface area contributed by atoms with Gasteiger partial charge in [0.25, 0.3) is 5.91 Å². The molecular weight excluding hydrogens is 206 g/mol. The number of carbonyl (C=O) groups is 2. The Morgan fingerprint density at radius 3 is 2.62 bits per heavy atom. The van der Waals surface area contributed by atoms with Gasteiger partial charge in [0.15, 0.2) is 0 Å². The normalized spacial score (nSPS) is 23.3. The van der Waals surface area contributed by atoms with Gasteiger partial charge in [-0.25, -0.2) is 4.79 Å². The van der Waals surface area contributed by atoms with E-state index in [9.17, 15) is 9.59 Å². The van der Waals surface area contributed by atoms with Crippen molar-refractivity contribution in [2.75, 3.05) is 6.54 Å². The topological polar surface area (TPSA) is 73.2 Å². The first-order valence-electron chi connectivity index (χ1n) is 5.71. The molecule has 3 amide bonds. The van der Waals surface area contributed by atoms with Gasteiger partial charge in [0, 0.05) is 6.54 Å². The van der Waals surface area contributed by atoms with Gasteiger partial charge < -0.3 is 5.32 Å². The van der Waals surface area contributed by atoms with Crippen LogP contribution in [-0.2, 0) is 4.79 Å². The fraction of sp³-hybridized carbons (Fsp3) is 0.727. The van der Waals surface area contributed by atoms with Gasteiger partial charge in [0.1, 0.15) is 5.54 Å². The van der Waals surface area contributed by atoms with Gasteiger partial charge in [0.2, 0.25) is 0 Å². The standard InChI is InChI=1S/C11H15N3O2/c12-7-4-8-14-9(15)11(13-10(14)16)5-2-1-3-6-11/h1-6,8H2,(H,13,16). The number of imide groups is 1. The van der Waals surface area contributed by atoms with Gasteiger partial charge in [-0.2, -0.15) is 5.26 Å². The fourth-order valence-corrected chi connectivity index (χ4v) is 2.54. The molecule has 0 atom stereocenters. The Morgan fingerprint density at radius 2 is 2.00 bits per heavy atom. The zero-order valence-electron chi connectivity index (χ0n) is 9.16. The summed E-state index contributed by atoms with van der Waals surface area (Å²) in [6.45, 7) is 0.211. The number of nitrogens with one attached hydrogen (secondary N) is 1. The summed E-state index contributed by atoms with van der Waals surface area (Å²) in [6.07, 6.45) is 4.77. The van der Waals surface area contributed by atoms with Crippen LogP contribution in [0.2, 0.25) is 0 Å². The van der Waals surface area contributed by atoms with Crippen LogP contribution in [0.1, 0.15) is 38.5 Å². The van der Waals surface area contributed by atoms with Crippen molar-refractivity contribution < 1.29 is 9.59 Å². The minimum Gasteiger partial charge on any atom is -0.323 e. The van der Waals surface area contributed by atoms with Crippen LogP contribution in [0, 0.1) is 11.3 Å². The summed E-state index contributed by atoms with van der Waals surface area (Å²) in [5.74, 6) is -0.132. The first-order chi connectivity index (χ1) is 7.69. The molecule has 0 aromatic carbocycles. The molecule has 1 aliphatic carbocycles. The quantitative estimate of drug-likeness (QED) is 0.711. The molecule has 0 bridgehead atoms. The van der Waals surface area contributed by atoms with Gasteiger partial charge in [-0.1, -0.05) is 19.3 Å². The SMILES string of the molecule is N#CCCN1C(=O)NC2(CCCCC2)C1=O. The van der Waals surface area contributed by atoms with E-state index in [1.165, 1.54) is 4.90 Å². The van der Waals surface area contributed by atoms with Gasteiger partial charge >= 0.3 is 6.03 Å². The lowest BCUT2D eigenvalue weighted by atomic mass is 9.82. The molecule has 0 unspecified atom stereocenters. The number of hydrogen-bond donors (Lipinski definition) is 1. The minimum atomic E-state index is -0.648. The number of nitriles is 1. The predicted octanol–water partition coefficient (Wildman–Crippen LogP) is 1.15. The Morgan fingerprint density at radius 1 is 1.31 bits per heavy atom. The molecule has 2 aliphatic rings. The molecule has 5 heteroatoms. The van der Waals surface area contributed by atoms with E-state index in [0.717, 1.165) is 32.1 Å². The van der Waals surface area contributed by atoms with Gasteiger partial charge in [0.05, 0.1) is 12.5 Å². The highest BCUT2D eigenvalue weighted by Gasteiger charge is 2.50. The number of carbonyl (C=O) groups excluding carboxylic acids is 2. The van der Waals surface area contributed by atoms with E-state index in [0.29, 0.717) is 0 Å². The van der Waals surface area contributed by atoms with Crippen molar-refractivity contribution in [2.24, 2.45) is 0 Å². The zero-order valence-corrected chi connectivity index (χ0v) is 9.16. The van der Waals surface area contributed by atoms with Crippen LogP contribution < -0.4 is 5.32 Å². The van der Waals surface area contributed by atoms with Crippen LogP contribution >= 0.6 is 0 Å². The third-order valence-electron chi connectivity index (χ3n) is 3.40. The molecule has 0 aromatic heterocycles. The highest BCUT2D eigenvalue weighted by atomic mass is 16.2. The van der Waals surface area contributed by atoms with Gasteiger partial charge in [-0.15, -0.1) is 0 Å². The molecule has 1 N–H and O–H groups in total. The number of urea groups is 1. The smallest absolute Gasteiger partial charge is 0.323 e. The van der Waals surface area contributed by atoms with Crippen LogP contribution in [0.15, 0.2) is 0 Å². The maximum Gasteiger partial charge on any atom is 0.325 e. The Kier molecular flexibility index (Phi) is 2.82. The van der Waals surface area contributed by atoms with E-state index < -0.39 is 5.54 Å². The van der Waals surface area contributed by atoms with Gasteiger partial charge in [-0.05, 0) is 12.8 Å². The van der Waals surface area contributed by atoms with Crippen molar-refractivity contribution in [3.63, 3.8) is 0 Å². The summed E-state index contributed by atoms with van der Waals surface area (Å²) in [5, 5.41) is 11.3. The first-order valence-corrected chi connectivity index (χ1v) is 5.71. The fourth-order valence-electron chi connectivity index (χ4n) is 2.54. The monoisotopic (exact) mass is 221 g/mol. The largest absolute Gasteiger partial charge is 0.325 e. The predicted molar refractivity (Wildman–Crippen MR) is 56.3 cm³/mol. The molecule has 2 rings (SSSR count). The molecule has 1 saturated heterocycles. The van der Waals surface area contributed by atoms with Crippen LogP contribution in [0.5, 0.6) is 0 Å². The van der Waals surface area contributed by atoms with Crippen LogP contribution in [0.4, 0.5) is 4.79 Å². The number of rotatable bonds is 2. The van der Waals surface area contributed by atoms with Crippen molar-refractivity contribution in [1.29, 1.82) is 5.26 Å². The first kappa shape index (κ1) is 10.9.